The van der Waals surface area contributed by atoms with Crippen LogP contribution >= 0.6 is 0 Å². The van der Waals surface area contributed by atoms with Crippen LogP contribution in [0.2, 0.25) is 0 Å². The number of carbonyl (C=O) groups excluding carboxylic acids is 2. The lowest BCUT2D eigenvalue weighted by Gasteiger charge is -2.27. The molecule has 0 aliphatic carbocycles. The van der Waals surface area contributed by atoms with E-state index in [-0.39, 0.29) is 18.0 Å². The monoisotopic (exact) mass is 341 g/mol. The van der Waals surface area contributed by atoms with Crippen LogP contribution in [0, 0.1) is 6.92 Å². The summed E-state index contributed by atoms with van der Waals surface area (Å²) in [6, 6.07) is 9.84. The second kappa shape index (κ2) is 6.68. The van der Waals surface area contributed by atoms with Crippen molar-refractivity contribution in [1.29, 1.82) is 0 Å². The first-order valence-electron chi connectivity index (χ1n) is 8.35. The fraction of sp³-hybridized carbons (Fsp3) is 0.389. The van der Waals surface area contributed by atoms with E-state index in [2.05, 4.69) is 21.3 Å². The third-order valence-corrected chi connectivity index (χ3v) is 4.53. The van der Waals surface area contributed by atoms with Crippen LogP contribution in [0.1, 0.15) is 54.5 Å². The first kappa shape index (κ1) is 17.2. The smallest absolute Gasteiger partial charge is 0.255 e. The number of carbonyl (C=O) groups is 2. The van der Waals surface area contributed by atoms with Crippen LogP contribution < -0.4 is 16.2 Å². The van der Waals surface area contributed by atoms with E-state index in [1.54, 1.807) is 10.9 Å². The van der Waals surface area contributed by atoms with E-state index in [9.17, 15) is 9.59 Å². The van der Waals surface area contributed by atoms with Crippen LogP contribution in [0.25, 0.3) is 0 Å². The van der Waals surface area contributed by atoms with Crippen molar-refractivity contribution in [3.8, 4) is 0 Å². The van der Waals surface area contributed by atoms with E-state index in [1.807, 2.05) is 51.1 Å². The maximum absolute atomic E-state index is 12.7. The van der Waals surface area contributed by atoms with E-state index in [0.29, 0.717) is 18.4 Å². The number of amides is 2. The van der Waals surface area contributed by atoms with Crippen LogP contribution in [-0.2, 0) is 10.3 Å². The molecule has 2 aromatic rings. The van der Waals surface area contributed by atoms with E-state index in [1.165, 1.54) is 0 Å². The summed E-state index contributed by atoms with van der Waals surface area (Å²) >= 11 is 0. The Bertz CT molecular complexity index is 772. The lowest BCUT2D eigenvalue weighted by molar-refractivity contribution is -0.124. The topological polar surface area (TPSA) is 88.0 Å². The minimum absolute atomic E-state index is 0.0383. The predicted octanol–water partition coefficient (Wildman–Crippen LogP) is 1.77. The molecule has 1 aliphatic heterocycles. The summed E-state index contributed by atoms with van der Waals surface area (Å²) < 4.78 is 1.74. The fourth-order valence-corrected chi connectivity index (χ4v) is 2.99. The molecule has 1 aromatic heterocycles. The summed E-state index contributed by atoms with van der Waals surface area (Å²) in [5.74, 6) is -0.207. The van der Waals surface area contributed by atoms with Gasteiger partial charge in [0.05, 0.1) is 23.0 Å². The van der Waals surface area contributed by atoms with Crippen molar-refractivity contribution in [2.75, 3.05) is 0 Å². The van der Waals surface area contributed by atoms with E-state index < -0.39 is 5.54 Å². The molecule has 2 amide bonds. The maximum atomic E-state index is 12.7. The number of benzene rings is 1. The van der Waals surface area contributed by atoms with Crippen LogP contribution in [0.5, 0.6) is 0 Å². The Morgan fingerprint density at radius 1 is 1.32 bits per heavy atom. The van der Waals surface area contributed by atoms with E-state index in [0.717, 1.165) is 11.3 Å². The zero-order valence-electron chi connectivity index (χ0n) is 14.7. The molecular weight excluding hydrogens is 318 g/mol. The third kappa shape index (κ3) is 3.56. The van der Waals surface area contributed by atoms with Gasteiger partial charge in [0.1, 0.15) is 6.17 Å². The van der Waals surface area contributed by atoms with Gasteiger partial charge in [-0.05, 0) is 32.8 Å². The maximum Gasteiger partial charge on any atom is 0.255 e. The van der Waals surface area contributed by atoms with Crippen molar-refractivity contribution in [2.45, 2.75) is 45.3 Å². The lowest BCUT2D eigenvalue weighted by Crippen LogP contribution is -2.47. The molecule has 1 aliphatic rings. The van der Waals surface area contributed by atoms with E-state index >= 15 is 0 Å². The Morgan fingerprint density at radius 2 is 2.04 bits per heavy atom. The molecule has 1 aromatic carbocycles. The minimum Gasteiger partial charge on any atom is -0.343 e. The Balaban J connectivity index is 1.76. The van der Waals surface area contributed by atoms with Crippen LogP contribution in [0.4, 0.5) is 0 Å². The highest BCUT2D eigenvalue weighted by Crippen LogP contribution is 2.22. The summed E-state index contributed by atoms with van der Waals surface area (Å²) in [5, 5.41) is 7.40. The van der Waals surface area contributed by atoms with Crippen molar-refractivity contribution in [2.24, 2.45) is 0 Å². The van der Waals surface area contributed by atoms with Gasteiger partial charge in [0.15, 0.2) is 0 Å². The number of rotatable bonds is 4. The van der Waals surface area contributed by atoms with E-state index in [4.69, 9.17) is 0 Å². The minimum atomic E-state index is -0.496. The number of nitrogens with one attached hydrogen (secondary N) is 3. The van der Waals surface area contributed by atoms with Crippen molar-refractivity contribution in [1.82, 2.24) is 25.9 Å². The average Bonchev–Trinajstić information content (AvgIpc) is 2.98. The van der Waals surface area contributed by atoms with Crippen molar-refractivity contribution >= 4 is 11.8 Å². The molecule has 3 N–H and O–H groups in total. The molecule has 1 fully saturated rings. The van der Waals surface area contributed by atoms with Crippen molar-refractivity contribution < 1.29 is 9.59 Å². The molecular formula is C18H23N5O2. The summed E-state index contributed by atoms with van der Waals surface area (Å²) in [5.41, 5.74) is 7.35. The molecule has 7 heteroatoms. The van der Waals surface area contributed by atoms with Crippen LogP contribution in [0.3, 0.4) is 0 Å². The second-order valence-electron chi connectivity index (χ2n) is 6.78. The predicted molar refractivity (Wildman–Crippen MR) is 93.4 cm³/mol. The molecule has 0 bridgehead atoms. The van der Waals surface area contributed by atoms with Gasteiger partial charge in [0.25, 0.3) is 5.91 Å². The summed E-state index contributed by atoms with van der Waals surface area (Å²) in [6.45, 7) is 5.80. The number of hydrazine groups is 1. The standard InChI is InChI=1S/C18H23N5O2/c1-12-14(11-19-23(12)15-9-10-16(24)22-21-15)17(25)20-18(2,3)13-7-5-4-6-8-13/h4-8,11,15,21H,9-10H2,1-3H3,(H,20,25)(H,22,24). The van der Waals surface area contributed by atoms with Crippen molar-refractivity contribution in [3.63, 3.8) is 0 Å². The zero-order valence-corrected chi connectivity index (χ0v) is 14.7. The van der Waals surface area contributed by atoms with Gasteiger partial charge < -0.3 is 5.32 Å². The zero-order chi connectivity index (χ0) is 18.0. The molecule has 1 atom stereocenters. The van der Waals surface area contributed by atoms with Gasteiger partial charge in [0.2, 0.25) is 5.91 Å². The number of aromatic nitrogens is 2. The molecule has 2 heterocycles. The van der Waals surface area contributed by atoms with Gasteiger partial charge in [-0.3, -0.25) is 19.7 Å². The highest BCUT2D eigenvalue weighted by molar-refractivity contribution is 5.95. The number of hydrogen-bond acceptors (Lipinski definition) is 4. The Hall–Kier alpha value is -2.67. The highest BCUT2D eigenvalue weighted by atomic mass is 16.2. The first-order valence-corrected chi connectivity index (χ1v) is 8.35. The molecule has 25 heavy (non-hydrogen) atoms. The van der Waals surface area contributed by atoms with Gasteiger partial charge in [-0.1, -0.05) is 30.3 Å². The first-order chi connectivity index (χ1) is 11.9. The van der Waals surface area contributed by atoms with Crippen LogP contribution in [-0.4, -0.2) is 21.6 Å². The Labute approximate surface area is 146 Å². The van der Waals surface area contributed by atoms with Crippen LogP contribution in [0.15, 0.2) is 36.5 Å². The Morgan fingerprint density at radius 3 is 2.68 bits per heavy atom. The second-order valence-corrected chi connectivity index (χ2v) is 6.78. The Kier molecular flexibility index (Phi) is 4.59. The summed E-state index contributed by atoms with van der Waals surface area (Å²) in [7, 11) is 0. The summed E-state index contributed by atoms with van der Waals surface area (Å²) in [6.07, 6.45) is 2.48. The molecule has 3 rings (SSSR count). The molecule has 132 valence electrons. The lowest BCUT2D eigenvalue weighted by atomic mass is 9.94. The molecule has 0 spiro atoms. The number of nitrogens with zero attached hydrogens (tertiary/aromatic N) is 2. The molecule has 1 unspecified atom stereocenters. The molecule has 0 saturated carbocycles. The quantitative estimate of drug-likeness (QED) is 0.791. The average molecular weight is 341 g/mol. The fourth-order valence-electron chi connectivity index (χ4n) is 2.99. The van der Waals surface area contributed by atoms with Gasteiger partial charge in [-0.2, -0.15) is 5.10 Å². The van der Waals surface area contributed by atoms with Gasteiger partial charge in [0, 0.05) is 6.42 Å². The molecule has 1 saturated heterocycles. The normalized spacial score (nSPS) is 17.9. The highest BCUT2D eigenvalue weighted by Gasteiger charge is 2.27. The number of hydrogen-bond donors (Lipinski definition) is 3. The molecule has 7 nitrogen and oxygen atoms in total. The van der Waals surface area contributed by atoms with Crippen molar-refractivity contribution in [3.05, 3.63) is 53.3 Å². The largest absolute Gasteiger partial charge is 0.343 e. The SMILES string of the molecule is Cc1c(C(=O)NC(C)(C)c2ccccc2)cnn1C1CCC(=O)NN1. The molecule has 0 radical (unpaired) electrons. The summed E-state index contributed by atoms with van der Waals surface area (Å²) in [4.78, 5) is 24.0. The third-order valence-electron chi connectivity index (χ3n) is 4.53. The van der Waals surface area contributed by atoms with Gasteiger partial charge >= 0.3 is 0 Å². The van der Waals surface area contributed by atoms with Gasteiger partial charge in [-0.15, -0.1) is 0 Å². The van der Waals surface area contributed by atoms with Gasteiger partial charge in [-0.25, -0.2) is 5.43 Å².